The number of benzene rings is 1. The van der Waals surface area contributed by atoms with Gasteiger partial charge in [-0.3, -0.25) is 0 Å². The second-order valence-electron chi connectivity index (χ2n) is 7.41. The van der Waals surface area contributed by atoms with E-state index in [1.54, 1.807) is 6.07 Å². The Hall–Kier alpha value is -1.40. The van der Waals surface area contributed by atoms with Crippen LogP contribution in [0.15, 0.2) is 18.2 Å². The molecule has 26 heavy (non-hydrogen) atoms. The van der Waals surface area contributed by atoms with Crippen molar-refractivity contribution in [2.75, 3.05) is 0 Å². The third-order valence-electron chi connectivity index (χ3n) is 4.84. The van der Waals surface area contributed by atoms with E-state index in [0.29, 0.717) is 12.2 Å². The molecular weight excluding hydrogens is 325 g/mol. The summed E-state index contributed by atoms with van der Waals surface area (Å²) in [7, 11) is 0. The van der Waals surface area contributed by atoms with Crippen LogP contribution in [0.4, 0.5) is 4.39 Å². The molecule has 0 N–H and O–H groups in total. The van der Waals surface area contributed by atoms with Gasteiger partial charge in [-0.2, -0.15) is 5.26 Å². The maximum Gasteiger partial charge on any atom is 0.124 e. The van der Waals surface area contributed by atoms with Crippen molar-refractivity contribution < 1.29 is 9.13 Å². The fourth-order valence-corrected chi connectivity index (χ4v) is 3.22. The summed E-state index contributed by atoms with van der Waals surface area (Å²) in [5, 5.41) is 8.88. The summed E-state index contributed by atoms with van der Waals surface area (Å²) in [5.41, 5.74) is 1.08. The van der Waals surface area contributed by atoms with Crippen molar-refractivity contribution in [2.24, 2.45) is 0 Å². The van der Waals surface area contributed by atoms with Gasteiger partial charge in [0.05, 0.1) is 24.3 Å². The molecule has 0 unspecified atom stereocenters. The molecule has 0 saturated carbocycles. The van der Waals surface area contributed by atoms with E-state index in [4.69, 9.17) is 10.00 Å². The van der Waals surface area contributed by atoms with Gasteiger partial charge in [-0.15, -0.1) is 0 Å². The third kappa shape index (κ3) is 11.3. The van der Waals surface area contributed by atoms with E-state index in [1.807, 2.05) is 6.07 Å². The van der Waals surface area contributed by atoms with Crippen LogP contribution in [0.1, 0.15) is 102 Å². The van der Waals surface area contributed by atoms with E-state index < -0.39 is 0 Å². The van der Waals surface area contributed by atoms with Gasteiger partial charge in [-0.05, 0) is 37.1 Å². The number of hydrogen-bond acceptors (Lipinski definition) is 2. The Labute approximate surface area is 159 Å². The highest BCUT2D eigenvalue weighted by Crippen LogP contribution is 2.15. The minimum atomic E-state index is -0.374. The number of unbranched alkanes of at least 4 members (excludes halogenated alkanes) is 10. The highest BCUT2D eigenvalue weighted by atomic mass is 19.1. The number of nitrogens with zero attached hydrogens (tertiary/aromatic N) is 1. The molecule has 1 aromatic carbocycles. The smallest absolute Gasteiger partial charge is 0.124 e. The Morgan fingerprint density at radius 3 is 2.08 bits per heavy atom. The quantitative estimate of drug-likeness (QED) is 0.307. The molecule has 3 heteroatoms. The Morgan fingerprint density at radius 2 is 1.50 bits per heavy atom. The highest BCUT2D eigenvalue weighted by molar-refractivity contribution is 5.33. The largest absolute Gasteiger partial charge is 0.374 e. The van der Waals surface area contributed by atoms with Crippen LogP contribution in [0.5, 0.6) is 0 Å². The lowest BCUT2D eigenvalue weighted by atomic mass is 10.0. The van der Waals surface area contributed by atoms with Crippen LogP contribution in [0.3, 0.4) is 0 Å². The minimum Gasteiger partial charge on any atom is -0.374 e. The van der Waals surface area contributed by atoms with Crippen LogP contribution in [0.25, 0.3) is 0 Å². The van der Waals surface area contributed by atoms with E-state index in [-0.39, 0.29) is 11.9 Å². The topological polar surface area (TPSA) is 33.0 Å². The molecule has 2 nitrogen and oxygen atoms in total. The number of rotatable bonds is 15. The maximum atomic E-state index is 13.4. The molecule has 0 radical (unpaired) electrons. The van der Waals surface area contributed by atoms with Gasteiger partial charge in [-0.1, -0.05) is 77.6 Å². The summed E-state index contributed by atoms with van der Waals surface area (Å²) in [4.78, 5) is 0. The second-order valence-corrected chi connectivity index (χ2v) is 7.41. The maximum absolute atomic E-state index is 13.4. The third-order valence-corrected chi connectivity index (χ3v) is 4.84. The van der Waals surface area contributed by atoms with Crippen molar-refractivity contribution in [3.05, 3.63) is 35.1 Å². The van der Waals surface area contributed by atoms with Crippen molar-refractivity contribution in [2.45, 2.75) is 104 Å². The lowest BCUT2D eigenvalue weighted by molar-refractivity contribution is 0.0457. The van der Waals surface area contributed by atoms with Gasteiger partial charge in [0.1, 0.15) is 5.82 Å². The van der Waals surface area contributed by atoms with Crippen LogP contribution in [0.2, 0.25) is 0 Å². The summed E-state index contributed by atoms with van der Waals surface area (Å²) < 4.78 is 19.2. The molecule has 0 aliphatic carbocycles. The van der Waals surface area contributed by atoms with E-state index in [2.05, 4.69) is 13.8 Å². The average Bonchev–Trinajstić information content (AvgIpc) is 2.64. The average molecular weight is 362 g/mol. The van der Waals surface area contributed by atoms with Crippen molar-refractivity contribution in [3.63, 3.8) is 0 Å². The molecule has 1 atom stereocenters. The van der Waals surface area contributed by atoms with E-state index >= 15 is 0 Å². The monoisotopic (exact) mass is 361 g/mol. The fraction of sp³-hybridized carbons (Fsp3) is 0.696. The summed E-state index contributed by atoms with van der Waals surface area (Å²) in [6.07, 6.45) is 16.0. The molecule has 1 rings (SSSR count). The summed E-state index contributed by atoms with van der Waals surface area (Å²) in [5.74, 6) is -0.374. The minimum absolute atomic E-state index is 0.169. The van der Waals surface area contributed by atoms with Crippen LogP contribution in [-0.2, 0) is 11.3 Å². The zero-order valence-corrected chi connectivity index (χ0v) is 16.7. The number of hydrogen-bond donors (Lipinski definition) is 0. The second kappa shape index (κ2) is 14.7. The predicted octanol–water partition coefficient (Wildman–Crippen LogP) is 7.30. The highest BCUT2D eigenvalue weighted by Gasteiger charge is 2.05. The van der Waals surface area contributed by atoms with Gasteiger partial charge < -0.3 is 4.74 Å². The van der Waals surface area contributed by atoms with Crippen LogP contribution >= 0.6 is 0 Å². The van der Waals surface area contributed by atoms with E-state index in [9.17, 15) is 4.39 Å². The fourth-order valence-electron chi connectivity index (χ4n) is 3.22. The first kappa shape index (κ1) is 22.6. The van der Waals surface area contributed by atoms with Crippen LogP contribution in [0, 0.1) is 17.1 Å². The van der Waals surface area contributed by atoms with Gasteiger partial charge in [0.15, 0.2) is 0 Å². The molecule has 0 aliphatic heterocycles. The first-order valence-corrected chi connectivity index (χ1v) is 10.5. The van der Waals surface area contributed by atoms with Gasteiger partial charge in [0.2, 0.25) is 0 Å². The molecular formula is C23H36FNO. The molecule has 0 spiro atoms. The van der Waals surface area contributed by atoms with Gasteiger partial charge >= 0.3 is 0 Å². The first-order valence-electron chi connectivity index (χ1n) is 10.5. The number of ether oxygens (including phenoxy) is 1. The molecule has 0 amide bonds. The molecule has 1 aromatic rings. The Balaban J connectivity index is 2.00. The zero-order chi connectivity index (χ0) is 19.0. The van der Waals surface area contributed by atoms with Crippen LogP contribution < -0.4 is 0 Å². The van der Waals surface area contributed by atoms with Crippen molar-refractivity contribution >= 4 is 0 Å². The van der Waals surface area contributed by atoms with Crippen molar-refractivity contribution in [1.29, 1.82) is 5.26 Å². The Bertz CT molecular complexity index is 523. The van der Waals surface area contributed by atoms with Crippen LogP contribution in [-0.4, -0.2) is 6.10 Å². The predicted molar refractivity (Wildman–Crippen MR) is 106 cm³/mol. The molecule has 0 aliphatic rings. The summed E-state index contributed by atoms with van der Waals surface area (Å²) >= 11 is 0. The molecule has 0 fully saturated rings. The molecule has 0 saturated heterocycles. The van der Waals surface area contributed by atoms with E-state index in [1.165, 1.54) is 82.8 Å². The standard InChI is InChI=1S/C23H36FNO/c1-3-4-5-6-7-8-9-10-11-12-13-14-20(2)26-19-22-15-21(18-25)16-23(24)17-22/h15-17,20H,3-14,19H2,1-2H3/t20-/m0/s1. The van der Waals surface area contributed by atoms with Gasteiger partial charge in [0, 0.05) is 0 Å². The summed E-state index contributed by atoms with van der Waals surface area (Å²) in [6.45, 7) is 4.70. The van der Waals surface area contributed by atoms with Gasteiger partial charge in [-0.25, -0.2) is 4.39 Å². The normalized spacial score (nSPS) is 12.1. The van der Waals surface area contributed by atoms with Gasteiger partial charge in [0.25, 0.3) is 0 Å². The molecule has 146 valence electrons. The SMILES string of the molecule is CCCCCCCCCCCCC[C@H](C)OCc1cc(F)cc(C#N)c1. The first-order chi connectivity index (χ1) is 12.7. The van der Waals surface area contributed by atoms with E-state index in [0.717, 1.165) is 12.0 Å². The Morgan fingerprint density at radius 1 is 0.923 bits per heavy atom. The number of halogens is 1. The zero-order valence-electron chi connectivity index (χ0n) is 16.7. The summed E-state index contributed by atoms with van der Waals surface area (Å²) in [6, 6.07) is 6.36. The lowest BCUT2D eigenvalue weighted by Gasteiger charge is -2.13. The molecule has 0 bridgehead atoms. The Kier molecular flexibility index (Phi) is 12.8. The lowest BCUT2D eigenvalue weighted by Crippen LogP contribution is -2.08. The number of nitriles is 1. The van der Waals surface area contributed by atoms with Crippen molar-refractivity contribution in [1.82, 2.24) is 0 Å². The molecule has 0 heterocycles. The molecule has 0 aromatic heterocycles. The van der Waals surface area contributed by atoms with Crippen molar-refractivity contribution in [3.8, 4) is 6.07 Å².